The second kappa shape index (κ2) is 10.2. The number of hydrogen-bond acceptors (Lipinski definition) is 2. The Balaban J connectivity index is 1.49. The molecule has 0 aliphatic heterocycles. The Hall–Kier alpha value is -3.08. The van der Waals surface area contributed by atoms with Crippen LogP contribution in [0.2, 0.25) is 0 Å². The number of hydrogen-bond donors (Lipinski definition) is 3. The summed E-state index contributed by atoms with van der Waals surface area (Å²) in [5.74, 6) is 0.854. The van der Waals surface area contributed by atoms with Crippen molar-refractivity contribution in [3.63, 3.8) is 0 Å². The van der Waals surface area contributed by atoms with E-state index in [1.807, 2.05) is 6.20 Å². The number of nitrogens with two attached hydrogens (primary N) is 1. The number of aryl methyl sites for hydroxylation is 1. The largest absolute Gasteiger partial charge is 0.370 e. The summed E-state index contributed by atoms with van der Waals surface area (Å²) in [5.41, 5.74) is 9.79. The monoisotopic (exact) mass is 361 g/mol. The number of H-pyrrole nitrogens is 1. The van der Waals surface area contributed by atoms with Gasteiger partial charge in [0.1, 0.15) is 0 Å². The third-order valence-electron chi connectivity index (χ3n) is 4.58. The molecule has 2 aromatic carbocycles. The summed E-state index contributed by atoms with van der Waals surface area (Å²) >= 11 is 0. The Labute approximate surface area is 160 Å². The van der Waals surface area contributed by atoms with Gasteiger partial charge in [0.05, 0.1) is 6.33 Å². The van der Waals surface area contributed by atoms with Crippen molar-refractivity contribution < 1.29 is 0 Å². The molecule has 0 bridgehead atoms. The molecule has 0 fully saturated rings. The van der Waals surface area contributed by atoms with Crippen molar-refractivity contribution in [2.45, 2.75) is 25.2 Å². The van der Waals surface area contributed by atoms with Crippen molar-refractivity contribution in [2.24, 2.45) is 10.7 Å². The first kappa shape index (κ1) is 18.7. The number of guanidine groups is 1. The minimum absolute atomic E-state index is 0.341. The van der Waals surface area contributed by atoms with E-state index in [1.54, 1.807) is 6.33 Å². The van der Waals surface area contributed by atoms with Gasteiger partial charge in [-0.05, 0) is 30.4 Å². The number of nitrogens with one attached hydrogen (secondary N) is 2. The summed E-state index contributed by atoms with van der Waals surface area (Å²) in [4.78, 5) is 11.5. The van der Waals surface area contributed by atoms with E-state index in [0.717, 1.165) is 31.5 Å². The zero-order chi connectivity index (χ0) is 18.7. The van der Waals surface area contributed by atoms with Crippen LogP contribution in [0.25, 0.3) is 0 Å². The van der Waals surface area contributed by atoms with E-state index >= 15 is 0 Å². The number of imidazole rings is 1. The smallest absolute Gasteiger partial charge is 0.188 e. The number of benzene rings is 2. The molecule has 4 N–H and O–H groups in total. The van der Waals surface area contributed by atoms with Gasteiger partial charge in [-0.2, -0.15) is 0 Å². The highest BCUT2D eigenvalue weighted by Gasteiger charge is 2.13. The van der Waals surface area contributed by atoms with Crippen LogP contribution in [0.4, 0.5) is 0 Å². The molecule has 5 heteroatoms. The fourth-order valence-electron chi connectivity index (χ4n) is 3.19. The quantitative estimate of drug-likeness (QED) is 0.310. The number of aliphatic imine (C=N–C) groups is 1. The Morgan fingerprint density at radius 3 is 2.30 bits per heavy atom. The number of rotatable bonds is 9. The molecule has 27 heavy (non-hydrogen) atoms. The first-order valence-corrected chi connectivity index (χ1v) is 9.44. The van der Waals surface area contributed by atoms with Gasteiger partial charge in [-0.3, -0.25) is 4.99 Å². The average molecular weight is 361 g/mol. The number of aromatic nitrogens is 2. The molecule has 0 atom stereocenters. The van der Waals surface area contributed by atoms with Gasteiger partial charge in [0.15, 0.2) is 5.96 Å². The second-order valence-corrected chi connectivity index (χ2v) is 6.54. The Morgan fingerprint density at radius 1 is 1.04 bits per heavy atom. The van der Waals surface area contributed by atoms with E-state index in [9.17, 15) is 0 Å². The SMILES string of the molecule is NC(=NCCCc1cnc[nH]1)NCCC(c1ccccc1)c1ccccc1. The molecular weight excluding hydrogens is 334 g/mol. The molecule has 0 spiro atoms. The molecule has 1 heterocycles. The second-order valence-electron chi connectivity index (χ2n) is 6.54. The van der Waals surface area contributed by atoms with Crippen LogP contribution >= 0.6 is 0 Å². The normalized spacial score (nSPS) is 11.7. The fraction of sp³-hybridized carbons (Fsp3) is 0.273. The van der Waals surface area contributed by atoms with Gasteiger partial charge in [-0.25, -0.2) is 4.98 Å². The van der Waals surface area contributed by atoms with E-state index in [0.29, 0.717) is 18.4 Å². The van der Waals surface area contributed by atoms with E-state index in [-0.39, 0.29) is 0 Å². The molecule has 3 aromatic rings. The molecule has 5 nitrogen and oxygen atoms in total. The lowest BCUT2D eigenvalue weighted by molar-refractivity contribution is 0.687. The molecule has 3 rings (SSSR count). The fourth-order valence-corrected chi connectivity index (χ4v) is 3.19. The van der Waals surface area contributed by atoms with Crippen molar-refractivity contribution in [1.29, 1.82) is 0 Å². The Morgan fingerprint density at radius 2 is 1.70 bits per heavy atom. The molecular formula is C22H27N5. The summed E-state index contributed by atoms with van der Waals surface area (Å²) in [5, 5.41) is 3.25. The van der Waals surface area contributed by atoms with Gasteiger partial charge >= 0.3 is 0 Å². The third-order valence-corrected chi connectivity index (χ3v) is 4.58. The van der Waals surface area contributed by atoms with Gasteiger partial charge < -0.3 is 16.0 Å². The maximum Gasteiger partial charge on any atom is 0.188 e. The highest BCUT2D eigenvalue weighted by Crippen LogP contribution is 2.27. The first-order valence-electron chi connectivity index (χ1n) is 9.44. The zero-order valence-electron chi connectivity index (χ0n) is 15.5. The van der Waals surface area contributed by atoms with Crippen molar-refractivity contribution in [3.05, 3.63) is 90.0 Å². The predicted octanol–water partition coefficient (Wildman–Crippen LogP) is 3.47. The van der Waals surface area contributed by atoms with Gasteiger partial charge in [0, 0.05) is 30.9 Å². The van der Waals surface area contributed by atoms with Crippen molar-refractivity contribution in [3.8, 4) is 0 Å². The van der Waals surface area contributed by atoms with Crippen LogP contribution in [0.3, 0.4) is 0 Å². The molecule has 0 aliphatic rings. The maximum atomic E-state index is 6.02. The molecule has 1 aromatic heterocycles. The van der Waals surface area contributed by atoms with Crippen LogP contribution in [0.1, 0.15) is 35.6 Å². The van der Waals surface area contributed by atoms with E-state index in [2.05, 4.69) is 80.9 Å². The number of aromatic amines is 1. The van der Waals surface area contributed by atoms with E-state index < -0.39 is 0 Å². The van der Waals surface area contributed by atoms with Crippen LogP contribution in [-0.4, -0.2) is 29.0 Å². The third kappa shape index (κ3) is 5.99. The van der Waals surface area contributed by atoms with Crippen LogP contribution in [0.15, 0.2) is 78.2 Å². The van der Waals surface area contributed by atoms with E-state index in [4.69, 9.17) is 5.73 Å². The summed E-state index contributed by atoms with van der Waals surface area (Å²) in [6.07, 6.45) is 6.38. The summed E-state index contributed by atoms with van der Waals surface area (Å²) in [6, 6.07) is 21.2. The molecule has 0 unspecified atom stereocenters. The highest BCUT2D eigenvalue weighted by molar-refractivity contribution is 5.77. The van der Waals surface area contributed by atoms with Crippen LogP contribution in [-0.2, 0) is 6.42 Å². The lowest BCUT2D eigenvalue weighted by atomic mass is 9.88. The summed E-state index contributed by atoms with van der Waals surface area (Å²) < 4.78 is 0. The molecule has 0 radical (unpaired) electrons. The lowest BCUT2D eigenvalue weighted by Crippen LogP contribution is -2.33. The van der Waals surface area contributed by atoms with E-state index in [1.165, 1.54) is 11.1 Å². The predicted molar refractivity (Wildman–Crippen MR) is 111 cm³/mol. The standard InChI is InChI=1S/C22H27N5/c23-22(25-14-7-12-20-16-24-17-27-20)26-15-13-21(18-8-3-1-4-9-18)19-10-5-2-6-11-19/h1-6,8-11,16-17,21H,7,12-15H2,(H,24,27)(H3,23,25,26). The highest BCUT2D eigenvalue weighted by atomic mass is 15.1. The van der Waals surface area contributed by atoms with Gasteiger partial charge in [0.25, 0.3) is 0 Å². The molecule has 0 aliphatic carbocycles. The van der Waals surface area contributed by atoms with Crippen LogP contribution in [0.5, 0.6) is 0 Å². The maximum absolute atomic E-state index is 6.02. The van der Waals surface area contributed by atoms with Gasteiger partial charge in [0.2, 0.25) is 0 Å². The minimum atomic E-state index is 0.341. The molecule has 140 valence electrons. The lowest BCUT2D eigenvalue weighted by Gasteiger charge is -2.18. The average Bonchev–Trinajstić information content (AvgIpc) is 3.23. The zero-order valence-corrected chi connectivity index (χ0v) is 15.5. The first-order chi connectivity index (χ1) is 13.3. The van der Waals surface area contributed by atoms with Crippen molar-refractivity contribution in [1.82, 2.24) is 15.3 Å². The van der Waals surface area contributed by atoms with Crippen molar-refractivity contribution >= 4 is 5.96 Å². The van der Waals surface area contributed by atoms with Gasteiger partial charge in [-0.15, -0.1) is 0 Å². The Kier molecular flexibility index (Phi) is 7.04. The molecule has 0 saturated heterocycles. The Bertz CT molecular complexity index is 758. The van der Waals surface area contributed by atoms with Crippen LogP contribution in [0, 0.1) is 0 Å². The van der Waals surface area contributed by atoms with Gasteiger partial charge in [-0.1, -0.05) is 60.7 Å². The van der Waals surface area contributed by atoms with Crippen LogP contribution < -0.4 is 11.1 Å². The summed E-state index contributed by atoms with van der Waals surface area (Å²) in [6.45, 7) is 1.49. The topological polar surface area (TPSA) is 79.1 Å². The van der Waals surface area contributed by atoms with Crippen molar-refractivity contribution in [2.75, 3.05) is 13.1 Å². The molecule has 0 saturated carbocycles. The number of nitrogens with zero attached hydrogens (tertiary/aromatic N) is 2. The summed E-state index contributed by atoms with van der Waals surface area (Å²) in [7, 11) is 0. The minimum Gasteiger partial charge on any atom is -0.370 e. The molecule has 0 amide bonds.